The molecule has 1 atom stereocenters. The first-order chi connectivity index (χ1) is 13.7. The predicted octanol–water partition coefficient (Wildman–Crippen LogP) is 4.20. The number of fused-ring (bicyclic) bond motifs is 1. The van der Waals surface area contributed by atoms with Crippen molar-refractivity contribution in [2.24, 2.45) is 0 Å². The molecular formula is C20H23N3O3S3. The molecule has 3 rings (SSSR count). The Labute approximate surface area is 179 Å². The average Bonchev–Trinajstić information content (AvgIpc) is 3.07. The third-order valence-electron chi connectivity index (χ3n) is 4.26. The van der Waals surface area contributed by atoms with E-state index in [4.69, 9.17) is 0 Å². The van der Waals surface area contributed by atoms with Crippen LogP contribution in [0.3, 0.4) is 0 Å². The lowest BCUT2D eigenvalue weighted by Crippen LogP contribution is -2.28. The number of nitrogens with zero attached hydrogens (tertiary/aromatic N) is 1. The summed E-state index contributed by atoms with van der Waals surface area (Å²) >= 11 is 2.81. The third-order valence-corrected chi connectivity index (χ3v) is 7.03. The van der Waals surface area contributed by atoms with Crippen LogP contribution in [0.5, 0.6) is 0 Å². The van der Waals surface area contributed by atoms with Gasteiger partial charge in [-0.15, -0.1) is 11.3 Å². The number of rotatable bonds is 8. The van der Waals surface area contributed by atoms with Gasteiger partial charge in [-0.25, -0.2) is 13.4 Å². The summed E-state index contributed by atoms with van der Waals surface area (Å²) in [6.45, 7) is 4.08. The molecule has 3 aromatic rings. The van der Waals surface area contributed by atoms with Gasteiger partial charge in [-0.2, -0.15) is 0 Å². The summed E-state index contributed by atoms with van der Waals surface area (Å²) in [6, 6.07) is 13.4. The number of nitrogens with one attached hydrogen (secondary N) is 2. The van der Waals surface area contributed by atoms with E-state index < -0.39 is 10.0 Å². The Morgan fingerprint density at radius 3 is 2.59 bits per heavy atom. The second kappa shape index (κ2) is 9.15. The van der Waals surface area contributed by atoms with Crippen molar-refractivity contribution in [1.29, 1.82) is 0 Å². The van der Waals surface area contributed by atoms with Crippen molar-refractivity contribution in [3.05, 3.63) is 53.6 Å². The summed E-state index contributed by atoms with van der Waals surface area (Å²) < 4.78 is 26.8. The van der Waals surface area contributed by atoms with Gasteiger partial charge in [0.2, 0.25) is 15.9 Å². The lowest BCUT2D eigenvalue weighted by Gasteiger charge is -2.14. The maximum atomic E-state index is 12.3. The second-order valence-electron chi connectivity index (χ2n) is 6.71. The predicted molar refractivity (Wildman–Crippen MR) is 121 cm³/mol. The van der Waals surface area contributed by atoms with E-state index >= 15 is 0 Å². The van der Waals surface area contributed by atoms with Crippen molar-refractivity contribution in [2.75, 3.05) is 16.7 Å². The Hall–Kier alpha value is -2.10. The van der Waals surface area contributed by atoms with E-state index in [1.165, 1.54) is 28.7 Å². The first kappa shape index (κ1) is 21.6. The van der Waals surface area contributed by atoms with Crippen LogP contribution in [0.1, 0.15) is 31.0 Å². The van der Waals surface area contributed by atoms with Gasteiger partial charge in [-0.1, -0.05) is 43.0 Å². The van der Waals surface area contributed by atoms with Crippen molar-refractivity contribution in [3.63, 3.8) is 0 Å². The number of thioether (sulfide) groups is 1. The fourth-order valence-corrected chi connectivity index (χ4v) is 5.25. The average molecular weight is 450 g/mol. The van der Waals surface area contributed by atoms with Crippen LogP contribution >= 0.6 is 23.1 Å². The molecule has 0 aliphatic carbocycles. The number of amides is 1. The van der Waals surface area contributed by atoms with Crippen LogP contribution in [0, 0.1) is 0 Å². The number of hydrogen-bond acceptors (Lipinski definition) is 6. The molecule has 0 spiro atoms. The van der Waals surface area contributed by atoms with Crippen molar-refractivity contribution < 1.29 is 13.2 Å². The highest BCUT2D eigenvalue weighted by atomic mass is 32.2. The Morgan fingerprint density at radius 1 is 1.21 bits per heavy atom. The summed E-state index contributed by atoms with van der Waals surface area (Å²) in [5.41, 5.74) is 3.63. The number of thiazole rings is 1. The van der Waals surface area contributed by atoms with E-state index in [1.54, 1.807) is 18.2 Å². The zero-order chi connectivity index (χ0) is 21.0. The van der Waals surface area contributed by atoms with Gasteiger partial charge < -0.3 is 5.32 Å². The Balaban J connectivity index is 1.58. The second-order valence-corrected chi connectivity index (χ2v) is 10.7. The first-order valence-corrected chi connectivity index (χ1v) is 12.8. The number of aromatic nitrogens is 1. The lowest BCUT2D eigenvalue weighted by atomic mass is 10.1. The van der Waals surface area contributed by atoms with Crippen molar-refractivity contribution >= 4 is 54.9 Å². The minimum atomic E-state index is -3.32. The van der Waals surface area contributed by atoms with Crippen LogP contribution in [0.25, 0.3) is 10.2 Å². The highest BCUT2D eigenvalue weighted by Gasteiger charge is 2.12. The van der Waals surface area contributed by atoms with Gasteiger partial charge in [-0.3, -0.25) is 9.52 Å². The summed E-state index contributed by atoms with van der Waals surface area (Å²) in [7, 11) is -3.32. The summed E-state index contributed by atoms with van der Waals surface area (Å²) in [5.74, 6) is 0.215. The number of benzene rings is 2. The van der Waals surface area contributed by atoms with Gasteiger partial charge in [0.15, 0.2) is 4.34 Å². The summed E-state index contributed by atoms with van der Waals surface area (Å²) in [5, 5.41) is 3.01. The summed E-state index contributed by atoms with van der Waals surface area (Å²) in [4.78, 5) is 16.8. The zero-order valence-electron chi connectivity index (χ0n) is 16.4. The van der Waals surface area contributed by atoms with Gasteiger partial charge >= 0.3 is 0 Å². The molecule has 0 unspecified atom stereocenters. The van der Waals surface area contributed by atoms with Gasteiger partial charge in [-0.05, 0) is 42.7 Å². The molecule has 29 heavy (non-hydrogen) atoms. The molecule has 1 amide bonds. The van der Waals surface area contributed by atoms with Gasteiger partial charge in [0.1, 0.15) is 0 Å². The molecule has 0 saturated carbocycles. The van der Waals surface area contributed by atoms with Gasteiger partial charge in [0, 0.05) is 0 Å². The Morgan fingerprint density at radius 2 is 1.93 bits per heavy atom. The minimum absolute atomic E-state index is 0.0549. The highest BCUT2D eigenvalue weighted by molar-refractivity contribution is 8.01. The van der Waals surface area contributed by atoms with Crippen molar-refractivity contribution in [3.8, 4) is 0 Å². The number of carbonyl (C=O) groups is 1. The van der Waals surface area contributed by atoms with E-state index in [9.17, 15) is 13.2 Å². The molecule has 1 heterocycles. The molecule has 0 fully saturated rings. The number of aryl methyl sites for hydroxylation is 1. The van der Waals surface area contributed by atoms with Crippen LogP contribution in [-0.4, -0.2) is 31.3 Å². The van der Waals surface area contributed by atoms with Crippen LogP contribution in [0.2, 0.25) is 0 Å². The largest absolute Gasteiger partial charge is 0.349 e. The van der Waals surface area contributed by atoms with Crippen molar-refractivity contribution in [2.45, 2.75) is 30.6 Å². The van der Waals surface area contributed by atoms with Gasteiger partial charge in [0.05, 0.1) is 34.0 Å². The first-order valence-electron chi connectivity index (χ1n) is 9.13. The summed E-state index contributed by atoms with van der Waals surface area (Å²) in [6.07, 6.45) is 2.11. The van der Waals surface area contributed by atoms with E-state index in [0.29, 0.717) is 5.69 Å². The number of hydrogen-bond donors (Lipinski definition) is 2. The third kappa shape index (κ3) is 6.19. The Kier molecular flexibility index (Phi) is 6.81. The van der Waals surface area contributed by atoms with Crippen LogP contribution in [0.15, 0.2) is 46.8 Å². The van der Waals surface area contributed by atoms with Crippen molar-refractivity contribution in [1.82, 2.24) is 10.3 Å². The minimum Gasteiger partial charge on any atom is -0.349 e. The molecule has 2 aromatic carbocycles. The molecular weight excluding hydrogens is 426 g/mol. The topological polar surface area (TPSA) is 88.2 Å². The fourth-order valence-electron chi connectivity index (χ4n) is 2.78. The van der Waals surface area contributed by atoms with Crippen LogP contribution < -0.4 is 10.0 Å². The monoisotopic (exact) mass is 449 g/mol. The molecule has 6 nitrogen and oxygen atoms in total. The molecule has 0 saturated heterocycles. The standard InChI is InChI=1S/C20H23N3O3S3/c1-4-14-5-7-15(8-6-14)13(2)21-19(24)12-27-20-22-17-10-9-16(11-18(17)28-20)23-29(3,25)26/h5-11,13,23H,4,12H2,1-3H3,(H,21,24)/t13-/m0/s1. The molecule has 9 heteroatoms. The number of sulfonamides is 1. The molecule has 1 aromatic heterocycles. The number of anilines is 1. The van der Waals surface area contributed by atoms with Crippen LogP contribution in [0.4, 0.5) is 5.69 Å². The maximum Gasteiger partial charge on any atom is 0.230 e. The molecule has 0 bridgehead atoms. The molecule has 2 N–H and O–H groups in total. The van der Waals surface area contributed by atoms with E-state index in [1.807, 2.05) is 19.1 Å². The smallest absolute Gasteiger partial charge is 0.230 e. The SMILES string of the molecule is CCc1ccc([C@H](C)NC(=O)CSc2nc3ccc(NS(C)(=O)=O)cc3s2)cc1. The zero-order valence-corrected chi connectivity index (χ0v) is 18.9. The Bertz CT molecular complexity index is 1110. The normalized spacial score (nSPS) is 12.7. The lowest BCUT2D eigenvalue weighted by molar-refractivity contribution is -0.119. The maximum absolute atomic E-state index is 12.3. The number of carbonyl (C=O) groups excluding carboxylic acids is 1. The van der Waals surface area contributed by atoms with E-state index in [2.05, 4.69) is 34.1 Å². The fraction of sp³-hybridized carbons (Fsp3) is 0.300. The molecule has 154 valence electrons. The molecule has 0 aliphatic heterocycles. The quantitative estimate of drug-likeness (QED) is 0.503. The van der Waals surface area contributed by atoms with Crippen LogP contribution in [-0.2, 0) is 21.2 Å². The molecule has 0 radical (unpaired) electrons. The van der Waals surface area contributed by atoms with E-state index in [0.717, 1.165) is 32.8 Å². The van der Waals surface area contributed by atoms with E-state index in [-0.39, 0.29) is 17.7 Å². The molecule has 0 aliphatic rings. The van der Waals surface area contributed by atoms with Gasteiger partial charge in [0.25, 0.3) is 0 Å². The highest BCUT2D eigenvalue weighted by Crippen LogP contribution is 2.31.